The Morgan fingerprint density at radius 2 is 1.82 bits per heavy atom. The normalized spacial score (nSPS) is 38.3. The first-order chi connectivity index (χ1) is 18.8. The molecule has 0 unspecified atom stereocenters. The molecule has 0 aromatic heterocycles. The Kier molecular flexibility index (Phi) is 10.4. The zero-order valence-electron chi connectivity index (χ0n) is 27.5. The molecule has 3 fully saturated rings. The number of allylic oxidation sites excluding steroid dienone is 1. The minimum atomic E-state index is -1.14. The van der Waals surface area contributed by atoms with Crippen LogP contribution in [0.3, 0.4) is 0 Å². The Hall–Kier alpha value is -0.653. The third-order valence-corrected chi connectivity index (χ3v) is 13.7. The number of carbonyl (C=O) groups is 1. The van der Waals surface area contributed by atoms with Crippen molar-refractivity contribution in [3.8, 4) is 0 Å². The predicted molar refractivity (Wildman–Crippen MR) is 168 cm³/mol. The van der Waals surface area contributed by atoms with Gasteiger partial charge in [-0.2, -0.15) is 0 Å². The highest BCUT2D eigenvalue weighted by atomic mass is 28.3. The molecule has 9 atom stereocenters. The molecular weight excluding hydrogens is 512 g/mol. The van der Waals surface area contributed by atoms with Crippen molar-refractivity contribution in [2.45, 2.75) is 144 Å². The van der Waals surface area contributed by atoms with E-state index in [2.05, 4.69) is 60.3 Å². The highest BCUT2D eigenvalue weighted by Crippen LogP contribution is 2.67. The molecule has 5 heteroatoms. The standard InChI is InChI=1S/C35H62O4Si/c1-24(2)11-10-12-25(3)30-15-16-31-29-14-13-27-21-28(39-26(4)36)22-33(38-23-37-19-20-40(7,8)9)35(27,6)32(29)17-18-34(30,31)5/h13,24-25,28-33H,10-12,14-23H2,1-9H3/t25-,28-,29+,30-,31+,32+,33-,34-,35+/m1/s1. The number of hydrogen-bond acceptors (Lipinski definition) is 4. The van der Waals surface area contributed by atoms with Crippen LogP contribution in [0.25, 0.3) is 0 Å². The molecule has 230 valence electrons. The SMILES string of the molecule is CC(=O)O[C@@H]1CC2=CC[C@H]3[C@@H]4CC[C@H]([C@H](C)CCCC(C)C)[C@@]4(C)CC[C@@H]3[C@@]2(C)[C@H](OCOCC[Si](C)(C)C)C1. The largest absolute Gasteiger partial charge is 0.462 e. The number of rotatable bonds is 12. The lowest BCUT2D eigenvalue weighted by atomic mass is 9.46. The lowest BCUT2D eigenvalue weighted by molar-refractivity contribution is -0.179. The summed E-state index contributed by atoms with van der Waals surface area (Å²) in [5, 5.41) is 0. The molecule has 0 aliphatic heterocycles. The van der Waals surface area contributed by atoms with Gasteiger partial charge in [-0.25, -0.2) is 0 Å². The zero-order valence-corrected chi connectivity index (χ0v) is 28.5. The van der Waals surface area contributed by atoms with Crippen LogP contribution in [0.1, 0.15) is 106 Å². The van der Waals surface area contributed by atoms with Crippen LogP contribution >= 0.6 is 0 Å². The Bertz CT molecular complexity index is 892. The van der Waals surface area contributed by atoms with Crippen molar-refractivity contribution in [2.75, 3.05) is 13.4 Å². The van der Waals surface area contributed by atoms with Crippen molar-refractivity contribution >= 4 is 14.0 Å². The van der Waals surface area contributed by atoms with Gasteiger partial charge in [-0.05, 0) is 79.1 Å². The van der Waals surface area contributed by atoms with Crippen molar-refractivity contribution in [1.29, 1.82) is 0 Å². The van der Waals surface area contributed by atoms with E-state index in [1.165, 1.54) is 63.9 Å². The molecule has 0 aromatic rings. The average Bonchev–Trinajstić information content (AvgIpc) is 3.20. The van der Waals surface area contributed by atoms with Crippen LogP contribution in [0.15, 0.2) is 11.6 Å². The van der Waals surface area contributed by atoms with Gasteiger partial charge in [-0.15, -0.1) is 0 Å². The highest BCUT2D eigenvalue weighted by Gasteiger charge is 2.61. The molecule has 0 N–H and O–H groups in total. The van der Waals surface area contributed by atoms with E-state index < -0.39 is 8.07 Å². The van der Waals surface area contributed by atoms with Crippen LogP contribution in [-0.2, 0) is 19.0 Å². The molecular formula is C35H62O4Si. The van der Waals surface area contributed by atoms with Crippen LogP contribution in [0.2, 0.25) is 25.7 Å². The topological polar surface area (TPSA) is 44.8 Å². The first-order valence-corrected chi connectivity index (χ1v) is 20.5. The van der Waals surface area contributed by atoms with E-state index in [1.807, 2.05) is 0 Å². The first-order valence-electron chi connectivity index (χ1n) is 16.8. The fourth-order valence-corrected chi connectivity index (χ4v) is 10.6. The zero-order chi connectivity index (χ0) is 29.3. The smallest absolute Gasteiger partial charge is 0.302 e. The summed E-state index contributed by atoms with van der Waals surface area (Å²) >= 11 is 0. The molecule has 4 nitrogen and oxygen atoms in total. The highest BCUT2D eigenvalue weighted by molar-refractivity contribution is 6.76. The maximum absolute atomic E-state index is 11.9. The van der Waals surface area contributed by atoms with Gasteiger partial charge in [-0.3, -0.25) is 4.79 Å². The van der Waals surface area contributed by atoms with Crippen molar-refractivity contribution in [1.82, 2.24) is 0 Å². The van der Waals surface area contributed by atoms with Gasteiger partial charge in [0.05, 0.1) is 6.10 Å². The predicted octanol–water partition coefficient (Wildman–Crippen LogP) is 9.27. The molecule has 0 heterocycles. The van der Waals surface area contributed by atoms with Gasteiger partial charge in [0.25, 0.3) is 0 Å². The minimum absolute atomic E-state index is 0.00397. The Morgan fingerprint density at radius 3 is 2.50 bits per heavy atom. The summed E-state index contributed by atoms with van der Waals surface area (Å²) in [4.78, 5) is 11.9. The molecule has 40 heavy (non-hydrogen) atoms. The van der Waals surface area contributed by atoms with E-state index in [4.69, 9.17) is 14.2 Å². The molecule has 4 aliphatic rings. The van der Waals surface area contributed by atoms with Crippen molar-refractivity contribution in [3.05, 3.63) is 11.6 Å². The average molecular weight is 575 g/mol. The first kappa shape index (κ1) is 32.3. The third kappa shape index (κ3) is 6.94. The molecule has 0 bridgehead atoms. The van der Waals surface area contributed by atoms with E-state index in [1.54, 1.807) is 0 Å². The van der Waals surface area contributed by atoms with E-state index in [9.17, 15) is 4.79 Å². The molecule has 0 spiro atoms. The number of ether oxygens (including phenoxy) is 3. The summed E-state index contributed by atoms with van der Waals surface area (Å²) < 4.78 is 18.5. The second-order valence-corrected chi connectivity index (χ2v) is 21.9. The van der Waals surface area contributed by atoms with E-state index in [0.717, 1.165) is 55.1 Å². The van der Waals surface area contributed by atoms with E-state index in [-0.39, 0.29) is 23.6 Å². The third-order valence-electron chi connectivity index (χ3n) is 12.0. The van der Waals surface area contributed by atoms with Gasteiger partial charge >= 0.3 is 5.97 Å². The molecule has 0 saturated heterocycles. The van der Waals surface area contributed by atoms with Crippen LogP contribution in [-0.4, -0.2) is 39.7 Å². The van der Waals surface area contributed by atoms with Gasteiger partial charge in [0.15, 0.2) is 0 Å². The molecule has 4 aliphatic carbocycles. The Morgan fingerprint density at radius 1 is 1.07 bits per heavy atom. The summed E-state index contributed by atoms with van der Waals surface area (Å²) in [5.74, 6) is 4.54. The fraction of sp³-hybridized carbons (Fsp3) is 0.914. The van der Waals surface area contributed by atoms with Gasteiger partial charge in [0.1, 0.15) is 12.9 Å². The van der Waals surface area contributed by atoms with Gasteiger partial charge in [-0.1, -0.05) is 85.2 Å². The van der Waals surface area contributed by atoms with Gasteiger partial charge < -0.3 is 14.2 Å². The lowest BCUT2D eigenvalue weighted by Crippen LogP contribution is -2.56. The molecule has 0 aromatic carbocycles. The summed E-state index contributed by atoms with van der Waals surface area (Å²) in [5.41, 5.74) is 1.97. The molecule has 4 rings (SSSR count). The second kappa shape index (κ2) is 12.9. The van der Waals surface area contributed by atoms with Crippen LogP contribution in [0, 0.1) is 46.3 Å². The molecule has 0 radical (unpaired) electrons. The van der Waals surface area contributed by atoms with Crippen LogP contribution in [0.4, 0.5) is 0 Å². The van der Waals surface area contributed by atoms with Gasteiger partial charge in [0.2, 0.25) is 0 Å². The monoisotopic (exact) mass is 574 g/mol. The number of esters is 1. The Labute approximate surface area is 247 Å². The minimum Gasteiger partial charge on any atom is -0.462 e. The van der Waals surface area contributed by atoms with Crippen LogP contribution < -0.4 is 0 Å². The van der Waals surface area contributed by atoms with Gasteiger partial charge in [0, 0.05) is 39.9 Å². The van der Waals surface area contributed by atoms with Crippen molar-refractivity contribution in [2.24, 2.45) is 46.3 Å². The maximum atomic E-state index is 11.9. The quantitative estimate of drug-likeness (QED) is 0.0766. The fourth-order valence-electron chi connectivity index (χ4n) is 9.82. The molecule has 3 saturated carbocycles. The molecule has 0 amide bonds. The number of carbonyl (C=O) groups excluding carboxylic acids is 1. The number of fused-ring (bicyclic) bond motifs is 5. The second-order valence-electron chi connectivity index (χ2n) is 16.3. The summed E-state index contributed by atoms with van der Waals surface area (Å²) in [6, 6.07) is 1.15. The van der Waals surface area contributed by atoms with Crippen molar-refractivity contribution < 1.29 is 19.0 Å². The van der Waals surface area contributed by atoms with Crippen LogP contribution in [0.5, 0.6) is 0 Å². The summed E-state index contributed by atoms with van der Waals surface area (Å²) in [7, 11) is -1.14. The lowest BCUT2D eigenvalue weighted by Gasteiger charge is -2.60. The summed E-state index contributed by atoms with van der Waals surface area (Å²) in [6.45, 7) is 22.3. The van der Waals surface area contributed by atoms with E-state index in [0.29, 0.717) is 18.1 Å². The maximum Gasteiger partial charge on any atom is 0.302 e. The number of hydrogen-bond donors (Lipinski definition) is 0. The summed E-state index contributed by atoms with van der Waals surface area (Å²) in [6.07, 6.45) is 15.0. The van der Waals surface area contributed by atoms with E-state index >= 15 is 0 Å². The Balaban J connectivity index is 1.50. The van der Waals surface area contributed by atoms with Crippen molar-refractivity contribution in [3.63, 3.8) is 0 Å².